The average molecular weight is 258 g/mol. The van der Waals surface area contributed by atoms with E-state index in [1.54, 1.807) is 25.1 Å². The number of rotatable bonds is 3. The Kier molecular flexibility index (Phi) is 3.92. The Morgan fingerprint density at radius 2 is 1.89 bits per heavy atom. The second-order valence-electron chi connectivity index (χ2n) is 4.32. The molecule has 2 aromatic rings. The van der Waals surface area contributed by atoms with Gasteiger partial charge in [-0.3, -0.25) is 4.79 Å². The maximum absolute atomic E-state index is 13.1. The Morgan fingerprint density at radius 3 is 2.47 bits per heavy atom. The molecule has 3 N–H and O–H groups in total. The summed E-state index contributed by atoms with van der Waals surface area (Å²) in [6.45, 7) is 2.10. The molecule has 3 nitrogen and oxygen atoms in total. The van der Waals surface area contributed by atoms with E-state index in [2.05, 4.69) is 5.32 Å². The van der Waals surface area contributed by atoms with Crippen molar-refractivity contribution >= 4 is 11.6 Å². The summed E-state index contributed by atoms with van der Waals surface area (Å²) in [7, 11) is 0. The first-order chi connectivity index (χ1) is 9.10. The van der Waals surface area contributed by atoms with Crippen molar-refractivity contribution in [2.45, 2.75) is 13.5 Å². The van der Waals surface area contributed by atoms with Crippen LogP contribution in [0.1, 0.15) is 21.5 Å². The summed E-state index contributed by atoms with van der Waals surface area (Å²) in [5.74, 6) is -0.514. The number of halogens is 1. The summed E-state index contributed by atoms with van der Waals surface area (Å²) in [6, 6.07) is 11.5. The van der Waals surface area contributed by atoms with Crippen molar-refractivity contribution in [2.75, 3.05) is 5.32 Å². The lowest BCUT2D eigenvalue weighted by Gasteiger charge is -2.07. The summed E-state index contributed by atoms with van der Waals surface area (Å²) in [4.78, 5) is 12.0. The van der Waals surface area contributed by atoms with Crippen molar-refractivity contribution in [3.05, 3.63) is 65.0 Å². The first-order valence-corrected chi connectivity index (χ1v) is 5.96. The van der Waals surface area contributed by atoms with Gasteiger partial charge >= 0.3 is 0 Å². The number of carbonyl (C=O) groups excluding carboxylic acids is 1. The highest BCUT2D eigenvalue weighted by molar-refractivity contribution is 6.04. The fourth-order valence-electron chi connectivity index (χ4n) is 1.72. The molecule has 0 saturated carbocycles. The van der Waals surface area contributed by atoms with E-state index in [9.17, 15) is 9.18 Å². The minimum Gasteiger partial charge on any atom is -0.326 e. The lowest BCUT2D eigenvalue weighted by Crippen LogP contribution is -2.12. The molecule has 0 aliphatic heterocycles. The van der Waals surface area contributed by atoms with Crippen LogP contribution in [0.25, 0.3) is 0 Å². The Balaban J connectivity index is 2.13. The second-order valence-corrected chi connectivity index (χ2v) is 4.32. The van der Waals surface area contributed by atoms with Gasteiger partial charge in [-0.05, 0) is 48.4 Å². The summed E-state index contributed by atoms with van der Waals surface area (Å²) < 4.78 is 13.1. The van der Waals surface area contributed by atoms with Crippen LogP contribution in [0.15, 0.2) is 42.5 Å². The molecule has 19 heavy (non-hydrogen) atoms. The minimum absolute atomic E-state index is 0.227. The number of benzene rings is 2. The van der Waals surface area contributed by atoms with E-state index in [-0.39, 0.29) is 11.7 Å². The number of hydrogen-bond donors (Lipinski definition) is 2. The van der Waals surface area contributed by atoms with Gasteiger partial charge < -0.3 is 11.1 Å². The first-order valence-electron chi connectivity index (χ1n) is 5.96. The van der Waals surface area contributed by atoms with Crippen molar-refractivity contribution in [1.29, 1.82) is 0 Å². The molecule has 0 spiro atoms. The summed E-state index contributed by atoms with van der Waals surface area (Å²) >= 11 is 0. The molecule has 0 aliphatic rings. The van der Waals surface area contributed by atoms with Gasteiger partial charge in [-0.1, -0.05) is 12.1 Å². The van der Waals surface area contributed by atoms with Gasteiger partial charge in [0, 0.05) is 17.8 Å². The van der Waals surface area contributed by atoms with Gasteiger partial charge in [-0.15, -0.1) is 0 Å². The van der Waals surface area contributed by atoms with E-state index in [0.29, 0.717) is 23.4 Å². The number of hydrogen-bond acceptors (Lipinski definition) is 2. The predicted octanol–water partition coefficient (Wildman–Crippen LogP) is 2.85. The van der Waals surface area contributed by atoms with Crippen LogP contribution in [-0.4, -0.2) is 5.91 Å². The molecule has 98 valence electrons. The minimum atomic E-state index is -0.287. The number of nitrogens with two attached hydrogens (primary N) is 1. The van der Waals surface area contributed by atoms with Crippen LogP contribution in [0.4, 0.5) is 10.1 Å². The highest BCUT2D eigenvalue weighted by Crippen LogP contribution is 2.15. The summed E-state index contributed by atoms with van der Waals surface area (Å²) in [5.41, 5.74) is 8.07. The SMILES string of the molecule is Cc1cc(NC(=O)c2ccc(CN)cc2)ccc1F. The van der Waals surface area contributed by atoms with E-state index in [1.165, 1.54) is 12.1 Å². The normalized spacial score (nSPS) is 10.3. The second kappa shape index (κ2) is 5.63. The quantitative estimate of drug-likeness (QED) is 0.889. The highest BCUT2D eigenvalue weighted by Gasteiger charge is 2.07. The fourth-order valence-corrected chi connectivity index (χ4v) is 1.72. The Labute approximate surface area is 111 Å². The highest BCUT2D eigenvalue weighted by atomic mass is 19.1. The van der Waals surface area contributed by atoms with Crippen LogP contribution >= 0.6 is 0 Å². The molecule has 0 aromatic heterocycles. The van der Waals surface area contributed by atoms with Crippen LogP contribution in [0, 0.1) is 12.7 Å². The topological polar surface area (TPSA) is 55.1 Å². The summed E-state index contributed by atoms with van der Waals surface area (Å²) in [6.07, 6.45) is 0. The standard InChI is InChI=1S/C15H15FN2O/c1-10-8-13(6-7-14(10)16)18-15(19)12-4-2-11(9-17)3-5-12/h2-8H,9,17H2,1H3,(H,18,19). The molecule has 2 aromatic carbocycles. The van der Waals surface area contributed by atoms with Crippen LogP contribution in [0.2, 0.25) is 0 Å². The third kappa shape index (κ3) is 3.17. The Bertz CT molecular complexity index is 594. The third-order valence-electron chi connectivity index (χ3n) is 2.87. The van der Waals surface area contributed by atoms with Gasteiger partial charge in [0.05, 0.1) is 0 Å². The maximum atomic E-state index is 13.1. The summed E-state index contributed by atoms with van der Waals surface area (Å²) in [5, 5.41) is 2.73. The van der Waals surface area contributed by atoms with E-state index in [4.69, 9.17) is 5.73 Å². The molecule has 0 unspecified atom stereocenters. The molecule has 0 aliphatic carbocycles. The van der Waals surface area contributed by atoms with Crippen LogP contribution in [-0.2, 0) is 6.54 Å². The van der Waals surface area contributed by atoms with E-state index >= 15 is 0 Å². The van der Waals surface area contributed by atoms with Gasteiger partial charge in [0.2, 0.25) is 0 Å². The van der Waals surface area contributed by atoms with Crippen LogP contribution < -0.4 is 11.1 Å². The predicted molar refractivity (Wildman–Crippen MR) is 73.4 cm³/mol. The average Bonchev–Trinajstić information content (AvgIpc) is 2.43. The zero-order valence-corrected chi connectivity index (χ0v) is 10.6. The fraction of sp³-hybridized carbons (Fsp3) is 0.133. The third-order valence-corrected chi connectivity index (χ3v) is 2.87. The monoisotopic (exact) mass is 258 g/mol. The molecule has 0 saturated heterocycles. The van der Waals surface area contributed by atoms with E-state index < -0.39 is 0 Å². The zero-order valence-electron chi connectivity index (χ0n) is 10.6. The molecule has 4 heteroatoms. The number of carbonyl (C=O) groups is 1. The number of amides is 1. The smallest absolute Gasteiger partial charge is 0.255 e. The molecule has 2 rings (SSSR count). The van der Waals surface area contributed by atoms with Crippen LogP contribution in [0.3, 0.4) is 0 Å². The molecule has 0 radical (unpaired) electrons. The Hall–Kier alpha value is -2.20. The lowest BCUT2D eigenvalue weighted by molar-refractivity contribution is 0.102. The maximum Gasteiger partial charge on any atom is 0.255 e. The molecule has 0 heterocycles. The first kappa shape index (κ1) is 13.2. The number of anilines is 1. The largest absolute Gasteiger partial charge is 0.326 e. The number of aryl methyl sites for hydroxylation is 1. The molecular formula is C15H15FN2O. The Morgan fingerprint density at radius 1 is 1.21 bits per heavy atom. The van der Waals surface area contributed by atoms with Crippen molar-refractivity contribution in [1.82, 2.24) is 0 Å². The zero-order chi connectivity index (χ0) is 13.8. The molecule has 0 atom stereocenters. The van der Waals surface area contributed by atoms with E-state index in [0.717, 1.165) is 5.56 Å². The number of nitrogens with one attached hydrogen (secondary N) is 1. The molecule has 0 fully saturated rings. The lowest BCUT2D eigenvalue weighted by atomic mass is 10.1. The van der Waals surface area contributed by atoms with Crippen LogP contribution in [0.5, 0.6) is 0 Å². The molecule has 0 bridgehead atoms. The van der Waals surface area contributed by atoms with Gasteiger partial charge in [-0.2, -0.15) is 0 Å². The van der Waals surface area contributed by atoms with Crippen molar-refractivity contribution in [3.8, 4) is 0 Å². The van der Waals surface area contributed by atoms with E-state index in [1.807, 2.05) is 12.1 Å². The van der Waals surface area contributed by atoms with Gasteiger partial charge in [0.1, 0.15) is 5.82 Å². The van der Waals surface area contributed by atoms with Crippen molar-refractivity contribution in [2.24, 2.45) is 5.73 Å². The van der Waals surface area contributed by atoms with Crippen molar-refractivity contribution < 1.29 is 9.18 Å². The molecule has 1 amide bonds. The van der Waals surface area contributed by atoms with Crippen molar-refractivity contribution in [3.63, 3.8) is 0 Å². The molecular weight excluding hydrogens is 243 g/mol. The van der Waals surface area contributed by atoms with Gasteiger partial charge in [0.25, 0.3) is 5.91 Å². The van der Waals surface area contributed by atoms with Gasteiger partial charge in [-0.25, -0.2) is 4.39 Å². The van der Waals surface area contributed by atoms with Gasteiger partial charge in [0.15, 0.2) is 0 Å².